The van der Waals surface area contributed by atoms with Crippen molar-refractivity contribution in [2.75, 3.05) is 38.0 Å². The number of aromatic nitrogens is 12. The minimum Gasteiger partial charge on any atom is -0.361 e. The van der Waals surface area contributed by atoms with E-state index in [9.17, 15) is 0 Å². The van der Waals surface area contributed by atoms with Gasteiger partial charge in [0.15, 0.2) is 11.6 Å². The molecule has 0 aliphatic heterocycles. The molecule has 100 heavy (non-hydrogen) atoms. The molecule has 484 valence electrons. The minimum atomic E-state index is 0.578. The standard InChI is InChI=1S/2C22H17N3.2C21H18N4/c1-2-6-18-15(4-1)5-3-7-19(18)22-20(16-10-12-23-13-11-16)14-21(24-25-22)17-8-9-17;1-2-4-18-13-19(8-5-15(18)3-1)22-20(16-9-11-23-12-10-16)14-21(24-25-22)17-6-7-17;1-25(2)20-14-19(16-10-12-22-13-11-16)21(24-23-20)18-9-5-7-15-6-3-4-8-17(15)18;1-25(2)20-14-19(16-9-11-22-12-10-16)21(24-23-20)18-8-7-15-5-3-4-6-17(15)13-18/h1-7,10-14,17H,8-9H2;1-5,8-14,17H,6-7H2;2*3-14H,1-2H3. The first-order chi connectivity index (χ1) is 49.2. The normalized spacial score (nSPS) is 12.4. The van der Waals surface area contributed by atoms with Crippen molar-refractivity contribution in [1.82, 2.24) is 60.7 Å². The SMILES string of the molecule is CN(C)c1cc(-c2ccncc2)c(-c2ccc3ccccc3c2)nn1.CN(C)c1cc(-c2ccncc2)c(-c2cccc3ccccc23)nn1.c1ccc2c(-c3nnc(C4CC4)cc3-c3ccncc3)cccc2c1.c1ccc2cc(-c3nnc(C4CC4)cc3-c3ccncc3)ccc2c1. The van der Waals surface area contributed by atoms with Crippen LogP contribution in [-0.4, -0.2) is 88.9 Å². The van der Waals surface area contributed by atoms with Gasteiger partial charge >= 0.3 is 0 Å². The van der Waals surface area contributed by atoms with E-state index in [0.717, 1.165) is 113 Å². The first-order valence-corrected chi connectivity index (χ1v) is 33.7. The lowest BCUT2D eigenvalue weighted by Crippen LogP contribution is -2.12. The molecular formula is C86H70N14. The summed E-state index contributed by atoms with van der Waals surface area (Å²) in [6.45, 7) is 0. The predicted octanol–water partition coefficient (Wildman–Crippen LogP) is 19.3. The smallest absolute Gasteiger partial charge is 0.151 e. The van der Waals surface area contributed by atoms with Gasteiger partial charge in [-0.25, -0.2) is 0 Å². The van der Waals surface area contributed by atoms with E-state index < -0.39 is 0 Å². The van der Waals surface area contributed by atoms with Crippen LogP contribution in [0, 0.1) is 0 Å². The Morgan fingerprint density at radius 1 is 0.240 bits per heavy atom. The molecule has 8 heterocycles. The minimum absolute atomic E-state index is 0.578. The van der Waals surface area contributed by atoms with Gasteiger partial charge in [0.2, 0.25) is 0 Å². The van der Waals surface area contributed by atoms with Gasteiger partial charge in [-0.1, -0.05) is 158 Å². The van der Waals surface area contributed by atoms with Crippen molar-refractivity contribution in [2.45, 2.75) is 37.5 Å². The van der Waals surface area contributed by atoms with Gasteiger partial charge in [-0.3, -0.25) is 19.9 Å². The van der Waals surface area contributed by atoms with Gasteiger partial charge in [0.1, 0.15) is 22.8 Å². The summed E-state index contributed by atoms with van der Waals surface area (Å²) in [4.78, 5) is 20.5. The number of rotatable bonds is 12. The van der Waals surface area contributed by atoms with E-state index in [2.05, 4.69) is 255 Å². The van der Waals surface area contributed by atoms with Gasteiger partial charge in [0, 0.05) is 134 Å². The van der Waals surface area contributed by atoms with E-state index in [1.165, 1.54) is 68.8 Å². The van der Waals surface area contributed by atoms with Crippen LogP contribution in [0.2, 0.25) is 0 Å². The van der Waals surface area contributed by atoms with Crippen LogP contribution in [-0.2, 0) is 0 Å². The fraction of sp³-hybridized carbons (Fsp3) is 0.116. The van der Waals surface area contributed by atoms with Crippen LogP contribution in [0.3, 0.4) is 0 Å². The lowest BCUT2D eigenvalue weighted by molar-refractivity contribution is 0.917. The van der Waals surface area contributed by atoms with Gasteiger partial charge in [0.25, 0.3) is 0 Å². The topological polar surface area (TPSA) is 161 Å². The molecule has 0 radical (unpaired) electrons. The molecule has 18 rings (SSSR count). The summed E-state index contributed by atoms with van der Waals surface area (Å²) in [7, 11) is 7.88. The van der Waals surface area contributed by atoms with Crippen molar-refractivity contribution >= 4 is 54.7 Å². The highest BCUT2D eigenvalue weighted by atomic mass is 15.2. The summed E-state index contributed by atoms with van der Waals surface area (Å²) in [5.74, 6) is 2.82. The van der Waals surface area contributed by atoms with E-state index in [1.54, 1.807) is 24.8 Å². The van der Waals surface area contributed by atoms with Gasteiger partial charge in [0.05, 0.1) is 11.4 Å². The fourth-order valence-corrected chi connectivity index (χ4v) is 12.5. The maximum atomic E-state index is 4.67. The van der Waals surface area contributed by atoms with Crippen molar-refractivity contribution in [3.63, 3.8) is 0 Å². The molecule has 0 spiro atoms. The van der Waals surface area contributed by atoms with Gasteiger partial charge in [-0.05, 0) is 176 Å². The number of hydrogen-bond acceptors (Lipinski definition) is 14. The van der Waals surface area contributed by atoms with E-state index in [1.807, 2.05) is 111 Å². The summed E-state index contributed by atoms with van der Waals surface area (Å²) in [6.07, 6.45) is 19.4. The largest absolute Gasteiger partial charge is 0.361 e. The summed E-state index contributed by atoms with van der Waals surface area (Å²) >= 11 is 0. The Bertz CT molecular complexity index is 5180. The molecule has 0 saturated heterocycles. The molecule has 14 heteroatoms. The molecule has 2 aliphatic carbocycles. The lowest BCUT2D eigenvalue weighted by atomic mass is 9.95. The maximum Gasteiger partial charge on any atom is 0.151 e. The molecule has 0 amide bonds. The molecule has 16 aromatic rings. The second-order valence-electron chi connectivity index (χ2n) is 25.5. The summed E-state index contributed by atoms with van der Waals surface area (Å²) in [6, 6.07) is 83.8. The van der Waals surface area contributed by atoms with Gasteiger partial charge in [-0.2, -0.15) is 10.2 Å². The highest BCUT2D eigenvalue weighted by Gasteiger charge is 2.28. The molecule has 0 unspecified atom stereocenters. The molecule has 2 fully saturated rings. The van der Waals surface area contributed by atoms with Crippen LogP contribution in [0.4, 0.5) is 11.6 Å². The van der Waals surface area contributed by atoms with Crippen molar-refractivity contribution < 1.29 is 0 Å². The Kier molecular flexibility index (Phi) is 18.3. The van der Waals surface area contributed by atoms with Crippen LogP contribution in [0.5, 0.6) is 0 Å². The van der Waals surface area contributed by atoms with Crippen molar-refractivity contribution in [3.8, 4) is 89.5 Å². The molecular weight excluding hydrogens is 1230 g/mol. The summed E-state index contributed by atoms with van der Waals surface area (Å²) in [5, 5.41) is 45.9. The third-order valence-electron chi connectivity index (χ3n) is 18.2. The number of benzene rings is 8. The number of pyridine rings is 4. The van der Waals surface area contributed by atoms with Crippen LogP contribution < -0.4 is 9.80 Å². The first kappa shape index (κ1) is 63.4. The Morgan fingerprint density at radius 3 is 0.940 bits per heavy atom. The fourth-order valence-electron chi connectivity index (χ4n) is 12.5. The maximum absolute atomic E-state index is 4.67. The zero-order valence-corrected chi connectivity index (χ0v) is 56.0. The van der Waals surface area contributed by atoms with E-state index in [-0.39, 0.29) is 0 Å². The van der Waals surface area contributed by atoms with Gasteiger partial charge in [-0.15, -0.1) is 30.6 Å². The Labute approximate surface area is 580 Å². The Morgan fingerprint density at radius 2 is 0.550 bits per heavy atom. The summed E-state index contributed by atoms with van der Waals surface area (Å²) < 4.78 is 0. The highest BCUT2D eigenvalue weighted by Crippen LogP contribution is 2.44. The van der Waals surface area contributed by atoms with Crippen LogP contribution >= 0.6 is 0 Å². The van der Waals surface area contributed by atoms with Crippen LogP contribution in [0.1, 0.15) is 48.9 Å². The molecule has 0 atom stereocenters. The summed E-state index contributed by atoms with van der Waals surface area (Å²) in [5.41, 5.74) is 19.0. The molecule has 0 N–H and O–H groups in total. The lowest BCUT2D eigenvalue weighted by Gasteiger charge is -2.15. The molecule has 14 nitrogen and oxygen atoms in total. The van der Waals surface area contributed by atoms with Crippen LogP contribution in [0.25, 0.3) is 133 Å². The Balaban J connectivity index is 0.000000108. The molecule has 2 aliphatic rings. The monoisotopic (exact) mass is 1300 g/mol. The van der Waals surface area contributed by atoms with E-state index in [4.69, 9.17) is 0 Å². The van der Waals surface area contributed by atoms with Crippen LogP contribution in [0.15, 0.2) is 292 Å². The molecule has 8 aromatic heterocycles. The quantitative estimate of drug-likeness (QED) is 0.114. The van der Waals surface area contributed by atoms with Crippen molar-refractivity contribution in [3.05, 3.63) is 304 Å². The second kappa shape index (κ2) is 29.0. The van der Waals surface area contributed by atoms with Crippen molar-refractivity contribution in [1.29, 1.82) is 0 Å². The highest BCUT2D eigenvalue weighted by molar-refractivity contribution is 6.01. The molecule has 2 saturated carbocycles. The first-order valence-electron chi connectivity index (χ1n) is 33.7. The number of anilines is 2. The zero-order chi connectivity index (χ0) is 67.7. The number of fused-ring (bicyclic) bond motifs is 4. The zero-order valence-electron chi connectivity index (χ0n) is 56.0. The molecule has 8 aromatic carbocycles. The average Bonchev–Trinajstić information content (AvgIpc) is 1.82. The number of nitrogens with zero attached hydrogens (tertiary/aromatic N) is 14. The van der Waals surface area contributed by atoms with Crippen molar-refractivity contribution in [2.24, 2.45) is 0 Å². The predicted molar refractivity (Wildman–Crippen MR) is 405 cm³/mol. The average molecular weight is 1300 g/mol. The third-order valence-corrected chi connectivity index (χ3v) is 18.2. The third kappa shape index (κ3) is 14.1. The van der Waals surface area contributed by atoms with Gasteiger partial charge < -0.3 is 9.80 Å². The van der Waals surface area contributed by atoms with E-state index in [0.29, 0.717) is 11.8 Å². The molecule has 0 bridgehead atoms. The Hall–Kier alpha value is -12.7. The van der Waals surface area contributed by atoms with E-state index >= 15 is 0 Å². The second-order valence-corrected chi connectivity index (χ2v) is 25.5. The number of hydrogen-bond donors (Lipinski definition) is 0.